The molecule has 100 valence electrons. The number of hydrogen-bond donors (Lipinski definition) is 1. The molecule has 1 aromatic carbocycles. The molecule has 1 nitrogen and oxygen atoms in total. The predicted molar refractivity (Wildman–Crippen MR) is 79.4 cm³/mol. The van der Waals surface area contributed by atoms with E-state index in [1.165, 1.54) is 18.4 Å². The van der Waals surface area contributed by atoms with Crippen LogP contribution in [0.3, 0.4) is 0 Å². The zero-order chi connectivity index (χ0) is 13.1. The average Bonchev–Trinajstić information content (AvgIpc) is 3.18. The van der Waals surface area contributed by atoms with Gasteiger partial charge in [-0.25, -0.2) is 0 Å². The summed E-state index contributed by atoms with van der Waals surface area (Å²) in [6.07, 6.45) is 3.88. The van der Waals surface area contributed by atoms with E-state index in [1.54, 1.807) is 0 Å². The summed E-state index contributed by atoms with van der Waals surface area (Å²) in [6, 6.07) is 6.41. The van der Waals surface area contributed by atoms with Gasteiger partial charge in [0.25, 0.3) is 0 Å². The van der Waals surface area contributed by atoms with Gasteiger partial charge in [-0.15, -0.1) is 0 Å². The fraction of sp³-hybridized carbons (Fsp3) is 0.600. The second kappa shape index (κ2) is 6.27. The van der Waals surface area contributed by atoms with Crippen molar-refractivity contribution in [1.29, 1.82) is 0 Å². The zero-order valence-corrected chi connectivity index (χ0v) is 12.6. The van der Waals surface area contributed by atoms with Crippen LogP contribution in [0, 0.1) is 11.8 Å². The van der Waals surface area contributed by atoms with Crippen molar-refractivity contribution in [3.63, 3.8) is 0 Å². The summed E-state index contributed by atoms with van der Waals surface area (Å²) in [6.45, 7) is 5.58. The van der Waals surface area contributed by atoms with Crippen molar-refractivity contribution in [3.8, 4) is 0 Å². The minimum Gasteiger partial charge on any atom is -0.310 e. The molecule has 0 heterocycles. The van der Waals surface area contributed by atoms with Gasteiger partial charge >= 0.3 is 0 Å². The molecule has 0 spiro atoms. The van der Waals surface area contributed by atoms with Crippen LogP contribution in [-0.2, 0) is 0 Å². The van der Waals surface area contributed by atoms with E-state index in [2.05, 4.69) is 25.2 Å². The molecule has 0 aliphatic heterocycles. The molecule has 1 N–H and O–H groups in total. The van der Waals surface area contributed by atoms with Crippen molar-refractivity contribution in [3.05, 3.63) is 33.8 Å². The van der Waals surface area contributed by atoms with E-state index in [1.807, 2.05) is 12.1 Å². The molecule has 1 aliphatic carbocycles. The summed E-state index contributed by atoms with van der Waals surface area (Å²) in [5.41, 5.74) is 1.26. The van der Waals surface area contributed by atoms with Gasteiger partial charge in [-0.05, 0) is 55.3 Å². The molecule has 2 unspecified atom stereocenters. The summed E-state index contributed by atoms with van der Waals surface area (Å²) < 4.78 is 0. The van der Waals surface area contributed by atoms with E-state index in [4.69, 9.17) is 23.2 Å². The Kier molecular flexibility index (Phi) is 4.94. The molecule has 0 radical (unpaired) electrons. The predicted octanol–water partition coefficient (Wildman–Crippen LogP) is 5.08. The van der Waals surface area contributed by atoms with Crippen LogP contribution < -0.4 is 5.32 Å². The number of hydrogen-bond acceptors (Lipinski definition) is 1. The van der Waals surface area contributed by atoms with Crippen molar-refractivity contribution in [2.45, 2.75) is 39.2 Å². The maximum absolute atomic E-state index is 6.13. The van der Waals surface area contributed by atoms with E-state index in [0.717, 1.165) is 18.9 Å². The normalized spacial score (nSPS) is 18.7. The highest BCUT2D eigenvalue weighted by molar-refractivity contribution is 6.42. The van der Waals surface area contributed by atoms with Gasteiger partial charge in [0, 0.05) is 6.04 Å². The maximum atomic E-state index is 6.13. The lowest BCUT2D eigenvalue weighted by Crippen LogP contribution is -2.28. The number of nitrogens with one attached hydrogen (secondary N) is 1. The molecule has 1 saturated carbocycles. The SMILES string of the molecule is CCCNC(c1ccc(Cl)c(Cl)c1)C(C)C1CC1. The Hall–Kier alpha value is -0.240. The fourth-order valence-electron chi connectivity index (χ4n) is 2.51. The molecule has 0 bridgehead atoms. The Bertz CT molecular complexity index is 401. The van der Waals surface area contributed by atoms with Crippen molar-refractivity contribution in [2.24, 2.45) is 11.8 Å². The molecule has 18 heavy (non-hydrogen) atoms. The Morgan fingerprint density at radius 1 is 1.28 bits per heavy atom. The standard InChI is InChI=1S/C15H21Cl2N/c1-3-8-18-15(10(2)11-4-5-11)12-6-7-13(16)14(17)9-12/h6-7,9-11,15,18H,3-5,8H2,1-2H3. The van der Waals surface area contributed by atoms with Crippen molar-refractivity contribution in [1.82, 2.24) is 5.32 Å². The zero-order valence-electron chi connectivity index (χ0n) is 11.0. The Morgan fingerprint density at radius 3 is 2.56 bits per heavy atom. The summed E-state index contributed by atoms with van der Waals surface area (Å²) in [4.78, 5) is 0. The Morgan fingerprint density at radius 2 is 2.00 bits per heavy atom. The van der Waals surface area contributed by atoms with Crippen molar-refractivity contribution in [2.75, 3.05) is 6.54 Å². The average molecular weight is 286 g/mol. The summed E-state index contributed by atoms with van der Waals surface area (Å²) in [5.74, 6) is 1.53. The van der Waals surface area contributed by atoms with Gasteiger partial charge < -0.3 is 5.32 Å². The molecular weight excluding hydrogens is 265 g/mol. The monoisotopic (exact) mass is 285 g/mol. The van der Waals surface area contributed by atoms with Gasteiger partial charge in [0.15, 0.2) is 0 Å². The highest BCUT2D eigenvalue weighted by Gasteiger charge is 2.33. The van der Waals surface area contributed by atoms with Gasteiger partial charge in [0.05, 0.1) is 10.0 Å². The Labute approximate surface area is 120 Å². The maximum Gasteiger partial charge on any atom is 0.0595 e. The Balaban J connectivity index is 2.17. The van der Waals surface area contributed by atoms with Crippen LogP contribution in [0.15, 0.2) is 18.2 Å². The molecule has 1 fully saturated rings. The summed E-state index contributed by atoms with van der Waals surface area (Å²) >= 11 is 12.1. The van der Waals surface area contributed by atoms with Gasteiger partial charge in [0.1, 0.15) is 0 Å². The van der Waals surface area contributed by atoms with Gasteiger partial charge in [-0.2, -0.15) is 0 Å². The number of benzene rings is 1. The van der Waals surface area contributed by atoms with Gasteiger partial charge in [-0.3, -0.25) is 0 Å². The van der Waals surface area contributed by atoms with E-state index in [9.17, 15) is 0 Å². The van der Waals surface area contributed by atoms with E-state index in [-0.39, 0.29) is 0 Å². The lowest BCUT2D eigenvalue weighted by molar-refractivity contribution is 0.350. The molecule has 1 aromatic rings. The molecule has 0 aromatic heterocycles. The first-order valence-electron chi connectivity index (χ1n) is 6.81. The second-order valence-corrected chi connectivity index (χ2v) is 6.12. The third-order valence-corrected chi connectivity index (χ3v) is 4.55. The summed E-state index contributed by atoms with van der Waals surface area (Å²) in [5, 5.41) is 4.94. The molecular formula is C15H21Cl2N. The van der Waals surface area contributed by atoms with Crippen LogP contribution in [-0.4, -0.2) is 6.54 Å². The van der Waals surface area contributed by atoms with Crippen LogP contribution in [0.4, 0.5) is 0 Å². The molecule has 1 aliphatic rings. The van der Waals surface area contributed by atoms with E-state index < -0.39 is 0 Å². The third kappa shape index (κ3) is 3.40. The molecule has 0 amide bonds. The van der Waals surface area contributed by atoms with Gasteiger partial charge in [-0.1, -0.05) is 43.1 Å². The fourth-order valence-corrected chi connectivity index (χ4v) is 2.81. The molecule has 3 heteroatoms. The smallest absolute Gasteiger partial charge is 0.0595 e. The first-order chi connectivity index (χ1) is 8.63. The highest BCUT2D eigenvalue weighted by atomic mass is 35.5. The van der Waals surface area contributed by atoms with Crippen LogP contribution in [0.25, 0.3) is 0 Å². The van der Waals surface area contributed by atoms with E-state index in [0.29, 0.717) is 22.0 Å². The van der Waals surface area contributed by atoms with Crippen molar-refractivity contribution < 1.29 is 0 Å². The molecule has 2 atom stereocenters. The number of halogens is 2. The lowest BCUT2D eigenvalue weighted by Gasteiger charge is -2.26. The topological polar surface area (TPSA) is 12.0 Å². The van der Waals surface area contributed by atoms with Crippen molar-refractivity contribution >= 4 is 23.2 Å². The van der Waals surface area contributed by atoms with Crippen LogP contribution in [0.5, 0.6) is 0 Å². The summed E-state index contributed by atoms with van der Waals surface area (Å²) in [7, 11) is 0. The van der Waals surface area contributed by atoms with Crippen LogP contribution in [0.1, 0.15) is 44.7 Å². The first-order valence-corrected chi connectivity index (χ1v) is 7.57. The first kappa shape index (κ1) is 14.2. The molecule has 2 rings (SSSR count). The highest BCUT2D eigenvalue weighted by Crippen LogP contribution is 2.43. The van der Waals surface area contributed by atoms with Gasteiger partial charge in [0.2, 0.25) is 0 Å². The minimum absolute atomic E-state index is 0.396. The van der Waals surface area contributed by atoms with Crippen LogP contribution >= 0.6 is 23.2 Å². The quantitative estimate of drug-likeness (QED) is 0.769. The number of rotatable bonds is 6. The van der Waals surface area contributed by atoms with E-state index >= 15 is 0 Å². The molecule has 0 saturated heterocycles. The third-order valence-electron chi connectivity index (χ3n) is 3.81. The largest absolute Gasteiger partial charge is 0.310 e. The minimum atomic E-state index is 0.396. The van der Waals surface area contributed by atoms with Crippen LogP contribution in [0.2, 0.25) is 10.0 Å². The second-order valence-electron chi connectivity index (χ2n) is 5.30. The lowest BCUT2D eigenvalue weighted by atomic mass is 9.90.